The Morgan fingerprint density at radius 1 is 1.04 bits per heavy atom. The maximum atomic E-state index is 12.4. The number of amides is 1. The van der Waals surface area contributed by atoms with Crippen LogP contribution in [-0.2, 0) is 0 Å². The van der Waals surface area contributed by atoms with Crippen molar-refractivity contribution < 1.29 is 4.79 Å². The van der Waals surface area contributed by atoms with Crippen molar-refractivity contribution in [1.29, 1.82) is 5.26 Å². The van der Waals surface area contributed by atoms with Crippen molar-refractivity contribution in [2.24, 2.45) is 0 Å². The molecule has 2 N–H and O–H groups in total. The summed E-state index contributed by atoms with van der Waals surface area (Å²) in [7, 11) is 0. The summed E-state index contributed by atoms with van der Waals surface area (Å²) in [5.41, 5.74) is 2.85. The van der Waals surface area contributed by atoms with Gasteiger partial charge in [0, 0.05) is 11.9 Å². The Morgan fingerprint density at radius 3 is 2.68 bits per heavy atom. The molecule has 0 bridgehead atoms. The molecule has 122 valence electrons. The average Bonchev–Trinajstić information content (AvgIpc) is 2.64. The molecule has 0 saturated heterocycles. The van der Waals surface area contributed by atoms with E-state index < -0.39 is 0 Å². The van der Waals surface area contributed by atoms with Crippen molar-refractivity contribution in [2.75, 3.05) is 10.6 Å². The molecule has 3 rings (SSSR count). The summed E-state index contributed by atoms with van der Waals surface area (Å²) in [4.78, 5) is 16.5. The van der Waals surface area contributed by atoms with Gasteiger partial charge in [-0.15, -0.1) is 0 Å². The first-order chi connectivity index (χ1) is 12.2. The normalized spacial score (nSPS) is 9.92. The molecule has 25 heavy (non-hydrogen) atoms. The minimum Gasteiger partial charge on any atom is -0.354 e. The van der Waals surface area contributed by atoms with Crippen molar-refractivity contribution in [2.45, 2.75) is 0 Å². The molecule has 0 unspecified atom stereocenters. The zero-order chi connectivity index (χ0) is 17.6. The maximum absolute atomic E-state index is 12.4. The molecular weight excluding hydrogens is 336 g/mol. The summed E-state index contributed by atoms with van der Waals surface area (Å²) in [5.74, 6) is -0.310. The fraction of sp³-hybridized carbons (Fsp3) is 0. The first kappa shape index (κ1) is 16.5. The van der Waals surface area contributed by atoms with Crippen molar-refractivity contribution in [3.05, 3.63) is 83.1 Å². The summed E-state index contributed by atoms with van der Waals surface area (Å²) in [6.07, 6.45) is 3.08. The molecule has 0 spiro atoms. The Labute approximate surface area is 149 Å². The second kappa shape index (κ2) is 7.47. The highest BCUT2D eigenvalue weighted by molar-refractivity contribution is 6.33. The molecule has 1 amide bonds. The number of carbonyl (C=O) groups is 1. The monoisotopic (exact) mass is 348 g/mol. The SMILES string of the molecule is N#Cc1cccc(Nc2cncc(C(=O)Nc3ccccc3Cl)c2)c1. The van der Waals surface area contributed by atoms with Gasteiger partial charge in [0.1, 0.15) is 0 Å². The van der Waals surface area contributed by atoms with Crippen LogP contribution in [0.3, 0.4) is 0 Å². The van der Waals surface area contributed by atoms with Gasteiger partial charge in [0.15, 0.2) is 0 Å². The van der Waals surface area contributed by atoms with Gasteiger partial charge in [0.05, 0.1) is 39.8 Å². The molecule has 1 heterocycles. The minimum absolute atomic E-state index is 0.310. The van der Waals surface area contributed by atoms with Crippen molar-refractivity contribution >= 4 is 34.6 Å². The largest absolute Gasteiger partial charge is 0.354 e. The molecule has 2 aromatic carbocycles. The maximum Gasteiger partial charge on any atom is 0.257 e. The highest BCUT2D eigenvalue weighted by atomic mass is 35.5. The van der Waals surface area contributed by atoms with Gasteiger partial charge in [0.2, 0.25) is 0 Å². The van der Waals surface area contributed by atoms with Gasteiger partial charge >= 0.3 is 0 Å². The van der Waals surface area contributed by atoms with E-state index in [1.807, 2.05) is 6.07 Å². The number of nitrogens with one attached hydrogen (secondary N) is 2. The number of para-hydroxylation sites is 1. The number of nitrogens with zero attached hydrogens (tertiary/aromatic N) is 2. The molecule has 3 aromatic rings. The summed E-state index contributed by atoms with van der Waals surface area (Å²) in [6, 6.07) is 17.8. The van der Waals surface area contributed by atoms with E-state index in [1.54, 1.807) is 54.7 Å². The Bertz CT molecular complexity index is 965. The number of anilines is 3. The van der Waals surface area contributed by atoms with Gasteiger partial charge in [-0.1, -0.05) is 29.8 Å². The molecule has 0 atom stereocenters. The van der Waals surface area contributed by atoms with E-state index in [0.29, 0.717) is 27.5 Å². The van der Waals surface area contributed by atoms with E-state index in [-0.39, 0.29) is 5.91 Å². The number of benzene rings is 2. The zero-order valence-electron chi connectivity index (χ0n) is 13.0. The third-order valence-electron chi connectivity index (χ3n) is 3.40. The first-order valence-corrected chi connectivity index (χ1v) is 7.81. The minimum atomic E-state index is -0.310. The van der Waals surface area contributed by atoms with E-state index in [9.17, 15) is 4.79 Å². The summed E-state index contributed by atoms with van der Waals surface area (Å²) in [5, 5.41) is 15.3. The number of hydrogen-bond acceptors (Lipinski definition) is 4. The Morgan fingerprint density at radius 2 is 1.88 bits per heavy atom. The average molecular weight is 349 g/mol. The fourth-order valence-corrected chi connectivity index (χ4v) is 2.41. The Kier molecular flexibility index (Phi) is 4.93. The van der Waals surface area contributed by atoms with Crippen LogP contribution in [0.5, 0.6) is 0 Å². The van der Waals surface area contributed by atoms with Crippen LogP contribution < -0.4 is 10.6 Å². The van der Waals surface area contributed by atoms with Gasteiger partial charge in [-0.2, -0.15) is 5.26 Å². The molecule has 0 fully saturated rings. The van der Waals surface area contributed by atoms with Crippen molar-refractivity contribution in [3.8, 4) is 6.07 Å². The van der Waals surface area contributed by atoms with E-state index in [1.165, 1.54) is 6.20 Å². The second-order valence-electron chi connectivity index (χ2n) is 5.21. The van der Waals surface area contributed by atoms with Crippen LogP contribution in [0.15, 0.2) is 67.0 Å². The molecule has 0 aliphatic rings. The lowest BCUT2D eigenvalue weighted by atomic mass is 10.2. The molecule has 0 saturated carbocycles. The molecule has 1 aromatic heterocycles. The van der Waals surface area contributed by atoms with Gasteiger partial charge in [-0.05, 0) is 36.4 Å². The summed E-state index contributed by atoms with van der Waals surface area (Å²) < 4.78 is 0. The van der Waals surface area contributed by atoms with Crippen LogP contribution in [0.4, 0.5) is 17.1 Å². The predicted octanol–water partition coefficient (Wildman–Crippen LogP) is 4.60. The number of halogens is 1. The smallest absolute Gasteiger partial charge is 0.257 e. The first-order valence-electron chi connectivity index (χ1n) is 7.44. The molecule has 0 aliphatic heterocycles. The second-order valence-corrected chi connectivity index (χ2v) is 5.62. The third kappa shape index (κ3) is 4.14. The highest BCUT2D eigenvalue weighted by Gasteiger charge is 2.09. The number of rotatable bonds is 4. The lowest BCUT2D eigenvalue weighted by molar-refractivity contribution is 0.102. The van der Waals surface area contributed by atoms with Crippen molar-refractivity contribution in [3.63, 3.8) is 0 Å². The van der Waals surface area contributed by atoms with E-state index in [4.69, 9.17) is 16.9 Å². The fourth-order valence-electron chi connectivity index (χ4n) is 2.22. The van der Waals surface area contributed by atoms with Gasteiger partial charge in [0.25, 0.3) is 5.91 Å². The van der Waals surface area contributed by atoms with Crippen LogP contribution in [0, 0.1) is 11.3 Å². The molecular formula is C19H13ClN4O. The highest BCUT2D eigenvalue weighted by Crippen LogP contribution is 2.22. The number of hydrogen-bond donors (Lipinski definition) is 2. The van der Waals surface area contributed by atoms with E-state index in [0.717, 1.165) is 5.69 Å². The Hall–Kier alpha value is -3.36. The van der Waals surface area contributed by atoms with E-state index in [2.05, 4.69) is 21.7 Å². The third-order valence-corrected chi connectivity index (χ3v) is 3.73. The predicted molar refractivity (Wildman–Crippen MR) is 98.1 cm³/mol. The molecule has 0 aliphatic carbocycles. The topological polar surface area (TPSA) is 77.8 Å². The zero-order valence-corrected chi connectivity index (χ0v) is 13.8. The number of nitriles is 1. The van der Waals surface area contributed by atoms with E-state index >= 15 is 0 Å². The molecule has 6 heteroatoms. The summed E-state index contributed by atoms with van der Waals surface area (Å²) in [6.45, 7) is 0. The number of aromatic nitrogens is 1. The quantitative estimate of drug-likeness (QED) is 0.722. The van der Waals surface area contributed by atoms with Crippen LogP contribution in [0.2, 0.25) is 5.02 Å². The van der Waals surface area contributed by atoms with Gasteiger partial charge < -0.3 is 10.6 Å². The lowest BCUT2D eigenvalue weighted by Gasteiger charge is -2.09. The van der Waals surface area contributed by atoms with Crippen LogP contribution in [0.25, 0.3) is 0 Å². The number of pyridine rings is 1. The number of carbonyl (C=O) groups excluding carboxylic acids is 1. The summed E-state index contributed by atoms with van der Waals surface area (Å²) >= 11 is 6.05. The van der Waals surface area contributed by atoms with Crippen LogP contribution in [-0.4, -0.2) is 10.9 Å². The van der Waals surface area contributed by atoms with Crippen LogP contribution in [0.1, 0.15) is 15.9 Å². The van der Waals surface area contributed by atoms with Crippen LogP contribution >= 0.6 is 11.6 Å². The Balaban J connectivity index is 1.78. The lowest BCUT2D eigenvalue weighted by Crippen LogP contribution is -2.12. The molecule has 5 nitrogen and oxygen atoms in total. The van der Waals surface area contributed by atoms with Gasteiger partial charge in [-0.25, -0.2) is 0 Å². The van der Waals surface area contributed by atoms with Gasteiger partial charge in [-0.3, -0.25) is 9.78 Å². The molecule has 0 radical (unpaired) electrons. The van der Waals surface area contributed by atoms with Crippen molar-refractivity contribution in [1.82, 2.24) is 4.98 Å². The standard InChI is InChI=1S/C19H13ClN4O/c20-17-6-1-2-7-18(17)24-19(25)14-9-16(12-22-11-14)23-15-5-3-4-13(8-15)10-21/h1-9,11-12,23H,(H,24,25).